The van der Waals surface area contributed by atoms with Gasteiger partial charge in [-0.25, -0.2) is 0 Å². The predicted molar refractivity (Wildman–Crippen MR) is 86.8 cm³/mol. The van der Waals surface area contributed by atoms with Gasteiger partial charge in [0.25, 0.3) is 5.91 Å². The minimum atomic E-state index is -0.206. The highest BCUT2D eigenvalue weighted by molar-refractivity contribution is 5.95. The summed E-state index contributed by atoms with van der Waals surface area (Å²) in [5.41, 5.74) is 3.04. The van der Waals surface area contributed by atoms with Gasteiger partial charge in [0.15, 0.2) is 6.61 Å². The summed E-state index contributed by atoms with van der Waals surface area (Å²) in [7, 11) is 0. The Balaban J connectivity index is 1.68. The lowest BCUT2D eigenvalue weighted by atomic mass is 10.1. The molecule has 0 fully saturated rings. The number of carbonyl (C=O) groups excluding carboxylic acids is 2. The second kappa shape index (κ2) is 6.35. The van der Waals surface area contributed by atoms with Crippen LogP contribution in [0.25, 0.3) is 0 Å². The molecule has 7 nitrogen and oxygen atoms in total. The first kappa shape index (κ1) is 16.0. The summed E-state index contributed by atoms with van der Waals surface area (Å²) in [5.74, 6) is 0.987. The van der Waals surface area contributed by atoms with Gasteiger partial charge < -0.3 is 19.9 Å². The minimum Gasteiger partial charge on any atom is -0.482 e. The van der Waals surface area contributed by atoms with Crippen LogP contribution in [0.2, 0.25) is 0 Å². The monoisotopic (exact) mass is 329 g/mol. The van der Waals surface area contributed by atoms with Crippen molar-refractivity contribution < 1.29 is 18.8 Å². The minimum absolute atomic E-state index is 0.0239. The van der Waals surface area contributed by atoms with Crippen LogP contribution in [0.4, 0.5) is 5.69 Å². The standard InChI is InChI=1S/C17H19N3O4/c1-9(18-16(21)7-13-10(2)20-24-11(13)3)12-4-5-15-14(6-12)19-17(22)8-23-15/h4-6,9H,7-8H2,1-3H3,(H,18,21)(H,19,22). The Kier molecular flexibility index (Phi) is 4.24. The van der Waals surface area contributed by atoms with Crippen molar-refractivity contribution in [1.82, 2.24) is 10.5 Å². The highest BCUT2D eigenvalue weighted by Gasteiger charge is 2.19. The number of carbonyl (C=O) groups is 2. The number of nitrogens with zero attached hydrogens (tertiary/aromatic N) is 1. The van der Waals surface area contributed by atoms with Crippen molar-refractivity contribution in [3.8, 4) is 5.75 Å². The van der Waals surface area contributed by atoms with Gasteiger partial charge in [0.2, 0.25) is 5.91 Å². The molecular weight excluding hydrogens is 310 g/mol. The molecule has 1 aliphatic heterocycles. The van der Waals surface area contributed by atoms with Gasteiger partial charge in [0.1, 0.15) is 11.5 Å². The van der Waals surface area contributed by atoms with Crippen LogP contribution in [0.5, 0.6) is 5.75 Å². The zero-order valence-corrected chi connectivity index (χ0v) is 13.8. The fourth-order valence-corrected chi connectivity index (χ4v) is 2.66. The summed E-state index contributed by atoms with van der Waals surface area (Å²) in [6.45, 7) is 5.52. The molecule has 0 aliphatic carbocycles. The molecule has 0 bridgehead atoms. The Hall–Kier alpha value is -2.83. The molecular formula is C17H19N3O4. The lowest BCUT2D eigenvalue weighted by molar-refractivity contribution is -0.121. The topological polar surface area (TPSA) is 93.5 Å². The number of aryl methyl sites for hydroxylation is 2. The highest BCUT2D eigenvalue weighted by atomic mass is 16.5. The highest BCUT2D eigenvalue weighted by Crippen LogP contribution is 2.30. The smallest absolute Gasteiger partial charge is 0.262 e. The summed E-state index contributed by atoms with van der Waals surface area (Å²) in [6.07, 6.45) is 0.219. The van der Waals surface area contributed by atoms with Crippen LogP contribution >= 0.6 is 0 Å². The third kappa shape index (κ3) is 3.24. The van der Waals surface area contributed by atoms with E-state index in [1.54, 1.807) is 13.0 Å². The maximum Gasteiger partial charge on any atom is 0.262 e. The van der Waals surface area contributed by atoms with Crippen LogP contribution in [-0.4, -0.2) is 23.6 Å². The number of anilines is 1. The Bertz CT molecular complexity index is 778. The Morgan fingerprint density at radius 3 is 2.92 bits per heavy atom. The number of aromatic nitrogens is 1. The lowest BCUT2D eigenvalue weighted by Gasteiger charge is -2.21. The number of ether oxygens (including phenoxy) is 1. The Morgan fingerprint density at radius 1 is 1.42 bits per heavy atom. The molecule has 2 amide bonds. The van der Waals surface area contributed by atoms with Crippen molar-refractivity contribution in [2.24, 2.45) is 0 Å². The van der Waals surface area contributed by atoms with Crippen LogP contribution in [0.1, 0.15) is 35.5 Å². The SMILES string of the molecule is Cc1noc(C)c1CC(=O)NC(C)c1ccc2c(c1)NC(=O)CO2. The molecule has 2 heterocycles. The molecule has 3 rings (SSSR count). The number of hydrogen-bond acceptors (Lipinski definition) is 5. The molecule has 126 valence electrons. The lowest BCUT2D eigenvalue weighted by Crippen LogP contribution is -2.29. The molecule has 0 spiro atoms. The van der Waals surface area contributed by atoms with E-state index in [1.807, 2.05) is 26.0 Å². The van der Waals surface area contributed by atoms with Gasteiger partial charge in [-0.2, -0.15) is 0 Å². The number of rotatable bonds is 4. The third-order valence-electron chi connectivity index (χ3n) is 4.03. The van der Waals surface area contributed by atoms with Gasteiger partial charge in [-0.1, -0.05) is 11.2 Å². The Labute approximate surface area is 139 Å². The first-order valence-electron chi connectivity index (χ1n) is 7.71. The molecule has 0 radical (unpaired) electrons. The van der Waals surface area contributed by atoms with Gasteiger partial charge in [-0.15, -0.1) is 0 Å². The van der Waals surface area contributed by atoms with E-state index in [4.69, 9.17) is 9.26 Å². The average molecular weight is 329 g/mol. The molecule has 1 aromatic heterocycles. The zero-order chi connectivity index (χ0) is 17.3. The van der Waals surface area contributed by atoms with E-state index < -0.39 is 0 Å². The van der Waals surface area contributed by atoms with Gasteiger partial charge in [0.05, 0.1) is 23.8 Å². The summed E-state index contributed by atoms with van der Waals surface area (Å²) < 4.78 is 10.4. The van der Waals surface area contributed by atoms with E-state index >= 15 is 0 Å². The molecule has 1 atom stereocenters. The summed E-state index contributed by atoms with van der Waals surface area (Å²) in [6, 6.07) is 5.27. The van der Waals surface area contributed by atoms with E-state index in [1.165, 1.54) is 0 Å². The van der Waals surface area contributed by atoms with Crippen molar-refractivity contribution in [1.29, 1.82) is 0 Å². The average Bonchev–Trinajstić information content (AvgIpc) is 2.86. The van der Waals surface area contributed by atoms with E-state index in [2.05, 4.69) is 15.8 Å². The van der Waals surface area contributed by atoms with E-state index in [0.29, 0.717) is 17.2 Å². The fraction of sp³-hybridized carbons (Fsp3) is 0.353. The first-order valence-corrected chi connectivity index (χ1v) is 7.71. The molecule has 0 saturated carbocycles. The normalized spacial score (nSPS) is 14.4. The maximum atomic E-state index is 12.3. The van der Waals surface area contributed by atoms with Crippen LogP contribution in [0, 0.1) is 13.8 Å². The second-order valence-corrected chi connectivity index (χ2v) is 5.86. The molecule has 7 heteroatoms. The van der Waals surface area contributed by atoms with E-state index in [9.17, 15) is 9.59 Å². The zero-order valence-electron chi connectivity index (χ0n) is 13.8. The van der Waals surface area contributed by atoms with Gasteiger partial charge in [-0.3, -0.25) is 9.59 Å². The number of amides is 2. The van der Waals surface area contributed by atoms with Crippen molar-refractivity contribution in [2.75, 3.05) is 11.9 Å². The molecule has 1 aromatic carbocycles. The van der Waals surface area contributed by atoms with Crippen LogP contribution < -0.4 is 15.4 Å². The van der Waals surface area contributed by atoms with Crippen molar-refractivity contribution >= 4 is 17.5 Å². The van der Waals surface area contributed by atoms with Gasteiger partial charge in [0, 0.05) is 5.56 Å². The first-order chi connectivity index (χ1) is 11.4. The van der Waals surface area contributed by atoms with Crippen LogP contribution in [0.3, 0.4) is 0 Å². The van der Waals surface area contributed by atoms with Crippen molar-refractivity contribution in [2.45, 2.75) is 33.2 Å². The molecule has 2 aromatic rings. The van der Waals surface area contributed by atoms with Crippen LogP contribution in [-0.2, 0) is 16.0 Å². The quantitative estimate of drug-likeness (QED) is 0.895. The molecule has 2 N–H and O–H groups in total. The van der Waals surface area contributed by atoms with Gasteiger partial charge >= 0.3 is 0 Å². The number of nitrogens with one attached hydrogen (secondary N) is 2. The maximum absolute atomic E-state index is 12.3. The predicted octanol–water partition coefficient (Wildman–Crippen LogP) is 2.04. The second-order valence-electron chi connectivity index (χ2n) is 5.86. The summed E-state index contributed by atoms with van der Waals surface area (Å²) in [4.78, 5) is 23.7. The van der Waals surface area contributed by atoms with E-state index in [-0.39, 0.29) is 30.9 Å². The Morgan fingerprint density at radius 2 is 2.21 bits per heavy atom. The fourth-order valence-electron chi connectivity index (χ4n) is 2.66. The van der Waals surface area contributed by atoms with E-state index in [0.717, 1.165) is 16.8 Å². The van der Waals surface area contributed by atoms with Crippen LogP contribution in [0.15, 0.2) is 22.7 Å². The number of hydrogen-bond donors (Lipinski definition) is 2. The number of fused-ring (bicyclic) bond motifs is 1. The molecule has 1 unspecified atom stereocenters. The summed E-state index contributed by atoms with van der Waals surface area (Å²) >= 11 is 0. The molecule has 1 aliphatic rings. The molecule has 24 heavy (non-hydrogen) atoms. The number of benzene rings is 1. The summed E-state index contributed by atoms with van der Waals surface area (Å²) in [5, 5.41) is 9.56. The third-order valence-corrected chi connectivity index (χ3v) is 4.03. The van der Waals surface area contributed by atoms with Crippen molar-refractivity contribution in [3.63, 3.8) is 0 Å². The largest absolute Gasteiger partial charge is 0.482 e. The van der Waals surface area contributed by atoms with Crippen molar-refractivity contribution in [3.05, 3.63) is 40.8 Å². The molecule has 0 saturated heterocycles. The van der Waals surface area contributed by atoms with Gasteiger partial charge in [-0.05, 0) is 38.5 Å².